The predicted molar refractivity (Wildman–Crippen MR) is 65.3 cm³/mol. The predicted octanol–water partition coefficient (Wildman–Crippen LogP) is 0.244. The Hall–Kier alpha value is -2.34. The van der Waals surface area contributed by atoms with Crippen LogP contribution in [0.15, 0.2) is 30.5 Å². The highest BCUT2D eigenvalue weighted by atomic mass is 16.7. The van der Waals surface area contributed by atoms with Crippen LogP contribution in [0.1, 0.15) is 5.56 Å². The van der Waals surface area contributed by atoms with Crippen LogP contribution in [-0.2, 0) is 20.8 Å². The molecule has 18 heavy (non-hydrogen) atoms. The number of primary amides is 1. The minimum atomic E-state index is -0.637. The van der Waals surface area contributed by atoms with Crippen molar-refractivity contribution < 1.29 is 14.4 Å². The summed E-state index contributed by atoms with van der Waals surface area (Å²) >= 11 is 0. The second-order valence-corrected chi connectivity index (χ2v) is 3.82. The Bertz CT molecular complexity index is 577. The second-order valence-electron chi connectivity index (χ2n) is 3.82. The highest BCUT2D eigenvalue weighted by Gasteiger charge is 2.08. The van der Waals surface area contributed by atoms with Crippen LogP contribution in [0, 0.1) is 0 Å². The largest absolute Gasteiger partial charge is 0.368 e. The first-order valence-electron chi connectivity index (χ1n) is 5.41. The summed E-state index contributed by atoms with van der Waals surface area (Å²) in [5.74, 6) is -0.969. The lowest BCUT2D eigenvalue weighted by molar-refractivity contribution is -0.137. The van der Waals surface area contributed by atoms with Gasteiger partial charge in [0.15, 0.2) is 6.61 Å². The van der Waals surface area contributed by atoms with E-state index in [9.17, 15) is 9.59 Å². The molecule has 0 aliphatic carbocycles. The van der Waals surface area contributed by atoms with Gasteiger partial charge in [0.25, 0.3) is 0 Å². The van der Waals surface area contributed by atoms with Crippen LogP contribution in [0.25, 0.3) is 10.9 Å². The molecule has 6 heteroatoms. The zero-order valence-corrected chi connectivity index (χ0v) is 9.60. The van der Waals surface area contributed by atoms with E-state index in [2.05, 4.69) is 15.3 Å². The van der Waals surface area contributed by atoms with E-state index >= 15 is 0 Å². The minimum Gasteiger partial charge on any atom is -0.368 e. The van der Waals surface area contributed by atoms with Crippen LogP contribution in [0.5, 0.6) is 0 Å². The third kappa shape index (κ3) is 2.86. The van der Waals surface area contributed by atoms with Crippen molar-refractivity contribution in [3.8, 4) is 0 Å². The van der Waals surface area contributed by atoms with Gasteiger partial charge in [-0.3, -0.25) is 14.4 Å². The van der Waals surface area contributed by atoms with Gasteiger partial charge in [-0.1, -0.05) is 18.2 Å². The van der Waals surface area contributed by atoms with Crippen molar-refractivity contribution in [3.63, 3.8) is 0 Å². The minimum absolute atomic E-state index is 0.169. The number of hydrogen-bond acceptors (Lipinski definition) is 3. The number of benzene rings is 1. The summed E-state index contributed by atoms with van der Waals surface area (Å²) in [6.07, 6.45) is 1.95. The first-order chi connectivity index (χ1) is 8.66. The number of hydroxylamine groups is 1. The third-order valence-corrected chi connectivity index (χ3v) is 2.43. The van der Waals surface area contributed by atoms with Gasteiger partial charge in [0.2, 0.25) is 11.8 Å². The molecule has 0 radical (unpaired) electrons. The topological polar surface area (TPSA) is 97.2 Å². The van der Waals surface area contributed by atoms with Gasteiger partial charge in [-0.15, -0.1) is 0 Å². The molecule has 0 saturated carbocycles. The Morgan fingerprint density at radius 3 is 2.89 bits per heavy atom. The van der Waals surface area contributed by atoms with Gasteiger partial charge >= 0.3 is 0 Å². The first kappa shape index (κ1) is 12.1. The second kappa shape index (κ2) is 5.33. The number of nitrogens with one attached hydrogen (secondary N) is 2. The summed E-state index contributed by atoms with van der Waals surface area (Å²) in [5, 5.41) is 0.988. The van der Waals surface area contributed by atoms with E-state index in [-0.39, 0.29) is 18.9 Å². The van der Waals surface area contributed by atoms with Gasteiger partial charge < -0.3 is 10.7 Å². The summed E-state index contributed by atoms with van der Waals surface area (Å²) in [6.45, 7) is -0.334. The molecule has 0 spiro atoms. The molecule has 2 aromatic rings. The number of rotatable bonds is 5. The fraction of sp³-hybridized carbons (Fsp3) is 0.167. The van der Waals surface area contributed by atoms with Crippen molar-refractivity contribution in [2.45, 2.75) is 6.42 Å². The van der Waals surface area contributed by atoms with Gasteiger partial charge in [-0.25, -0.2) is 5.48 Å². The zero-order valence-electron chi connectivity index (χ0n) is 9.60. The van der Waals surface area contributed by atoms with E-state index < -0.39 is 5.91 Å². The van der Waals surface area contributed by atoms with Crippen LogP contribution in [-0.4, -0.2) is 23.4 Å². The highest BCUT2D eigenvalue weighted by molar-refractivity contribution is 5.88. The maximum Gasteiger partial charge on any atom is 0.248 e. The lowest BCUT2D eigenvalue weighted by Crippen LogP contribution is -2.30. The molecule has 1 aromatic heterocycles. The summed E-state index contributed by atoms with van der Waals surface area (Å²) in [7, 11) is 0. The molecule has 0 atom stereocenters. The first-order valence-corrected chi connectivity index (χ1v) is 5.41. The molecule has 0 unspecified atom stereocenters. The Kier molecular flexibility index (Phi) is 3.59. The maximum atomic E-state index is 11.5. The highest BCUT2D eigenvalue weighted by Crippen LogP contribution is 2.17. The Morgan fingerprint density at radius 1 is 1.33 bits per heavy atom. The summed E-state index contributed by atoms with van der Waals surface area (Å²) in [6, 6.07) is 7.68. The van der Waals surface area contributed by atoms with Gasteiger partial charge in [0.1, 0.15) is 0 Å². The summed E-state index contributed by atoms with van der Waals surface area (Å²) in [5.41, 5.74) is 8.87. The van der Waals surface area contributed by atoms with Gasteiger partial charge in [-0.05, 0) is 11.6 Å². The van der Waals surface area contributed by atoms with Crippen molar-refractivity contribution >= 4 is 22.7 Å². The van der Waals surface area contributed by atoms with Crippen molar-refractivity contribution in [1.29, 1.82) is 0 Å². The number of carbonyl (C=O) groups excluding carboxylic acids is 2. The number of carbonyl (C=O) groups is 2. The molecule has 4 N–H and O–H groups in total. The van der Waals surface area contributed by atoms with Crippen LogP contribution < -0.4 is 11.2 Å². The molecule has 6 nitrogen and oxygen atoms in total. The summed E-state index contributed by atoms with van der Waals surface area (Å²) < 4.78 is 0. The zero-order chi connectivity index (χ0) is 13.0. The van der Waals surface area contributed by atoms with Crippen LogP contribution >= 0.6 is 0 Å². The van der Waals surface area contributed by atoms with E-state index in [0.717, 1.165) is 16.5 Å². The van der Waals surface area contributed by atoms with Crippen LogP contribution in [0.4, 0.5) is 0 Å². The number of hydrogen-bond donors (Lipinski definition) is 3. The number of nitrogens with two attached hydrogens (primary N) is 1. The van der Waals surface area contributed by atoms with Crippen molar-refractivity contribution in [2.75, 3.05) is 6.61 Å². The van der Waals surface area contributed by atoms with E-state index in [4.69, 9.17) is 5.73 Å². The summed E-state index contributed by atoms with van der Waals surface area (Å²) in [4.78, 5) is 29.7. The fourth-order valence-corrected chi connectivity index (χ4v) is 1.67. The smallest absolute Gasteiger partial charge is 0.248 e. The molecule has 2 rings (SSSR count). The molecule has 1 aromatic carbocycles. The fourth-order valence-electron chi connectivity index (χ4n) is 1.67. The number of amides is 2. The lowest BCUT2D eigenvalue weighted by Gasteiger charge is -2.03. The SMILES string of the molecule is NC(=O)CONC(=O)Cc1c[nH]c2ccccc12. The monoisotopic (exact) mass is 247 g/mol. The molecule has 1 heterocycles. The number of H-pyrrole nitrogens is 1. The van der Waals surface area contributed by atoms with Crippen molar-refractivity contribution in [3.05, 3.63) is 36.0 Å². The average Bonchev–Trinajstić information content (AvgIpc) is 2.72. The molecule has 0 saturated heterocycles. The van der Waals surface area contributed by atoms with E-state index in [1.54, 1.807) is 6.20 Å². The molecule has 2 amide bonds. The maximum absolute atomic E-state index is 11.5. The number of aromatic amines is 1. The van der Waals surface area contributed by atoms with Crippen molar-refractivity contribution in [1.82, 2.24) is 10.5 Å². The normalized spacial score (nSPS) is 10.4. The quantitative estimate of drug-likeness (QED) is 0.660. The van der Waals surface area contributed by atoms with Gasteiger partial charge in [0, 0.05) is 17.1 Å². The van der Waals surface area contributed by atoms with Gasteiger partial charge in [-0.2, -0.15) is 0 Å². The number of fused-ring (bicyclic) bond motifs is 1. The van der Waals surface area contributed by atoms with E-state index in [0.29, 0.717) is 0 Å². The average molecular weight is 247 g/mol. The van der Waals surface area contributed by atoms with E-state index in [1.165, 1.54) is 0 Å². The lowest BCUT2D eigenvalue weighted by atomic mass is 10.1. The Morgan fingerprint density at radius 2 is 2.11 bits per heavy atom. The van der Waals surface area contributed by atoms with Crippen molar-refractivity contribution in [2.24, 2.45) is 5.73 Å². The van der Waals surface area contributed by atoms with Crippen LogP contribution in [0.3, 0.4) is 0 Å². The molecule has 0 fully saturated rings. The molecular weight excluding hydrogens is 234 g/mol. The van der Waals surface area contributed by atoms with Crippen LogP contribution in [0.2, 0.25) is 0 Å². The Balaban J connectivity index is 1.97. The third-order valence-electron chi connectivity index (χ3n) is 2.43. The molecule has 0 aliphatic heterocycles. The Labute approximate surface area is 103 Å². The van der Waals surface area contributed by atoms with Gasteiger partial charge in [0.05, 0.1) is 6.42 Å². The number of para-hydroxylation sites is 1. The molecule has 0 aliphatic rings. The van der Waals surface area contributed by atoms with E-state index in [1.807, 2.05) is 24.3 Å². The number of aromatic nitrogens is 1. The standard InChI is InChI=1S/C12H13N3O3/c13-11(16)7-18-15-12(17)5-8-6-14-10-4-2-1-3-9(8)10/h1-4,6,14H,5,7H2,(H2,13,16)(H,15,17). The molecule has 94 valence electrons. The molecule has 0 bridgehead atoms. The molecular formula is C12H13N3O3.